The van der Waals surface area contributed by atoms with Gasteiger partial charge < -0.3 is 10.2 Å². The summed E-state index contributed by atoms with van der Waals surface area (Å²) in [7, 11) is 0. The zero-order valence-electron chi connectivity index (χ0n) is 12.3. The predicted molar refractivity (Wildman–Crippen MR) is 80.7 cm³/mol. The molecule has 0 aliphatic carbocycles. The molecule has 0 bridgehead atoms. The van der Waals surface area contributed by atoms with Crippen LogP contribution in [-0.2, 0) is 11.2 Å². The summed E-state index contributed by atoms with van der Waals surface area (Å²) in [6.07, 6.45) is 8.64. The lowest BCUT2D eigenvalue weighted by Crippen LogP contribution is -2.10. The maximum absolute atomic E-state index is 10.7. The molecule has 0 saturated carbocycles. The van der Waals surface area contributed by atoms with Gasteiger partial charge in [-0.1, -0.05) is 69.7 Å². The third-order valence-electron chi connectivity index (χ3n) is 3.60. The van der Waals surface area contributed by atoms with Crippen molar-refractivity contribution in [3.05, 3.63) is 35.4 Å². The van der Waals surface area contributed by atoms with Crippen LogP contribution < -0.4 is 0 Å². The van der Waals surface area contributed by atoms with E-state index in [0.717, 1.165) is 6.42 Å². The van der Waals surface area contributed by atoms with Crippen molar-refractivity contribution in [1.82, 2.24) is 0 Å². The highest BCUT2D eigenvalue weighted by atomic mass is 16.4. The molecule has 0 amide bonds. The highest BCUT2D eigenvalue weighted by Gasteiger charge is 2.14. The van der Waals surface area contributed by atoms with E-state index in [1.807, 2.05) is 12.1 Å². The molecule has 3 nitrogen and oxygen atoms in total. The molecule has 0 aliphatic heterocycles. The number of rotatable bonds is 10. The van der Waals surface area contributed by atoms with Crippen molar-refractivity contribution in [3.8, 4) is 0 Å². The molecular weight excluding hydrogens is 252 g/mol. The van der Waals surface area contributed by atoms with Gasteiger partial charge in [-0.05, 0) is 24.0 Å². The Balaban J connectivity index is 2.23. The normalized spacial score (nSPS) is 12.3. The van der Waals surface area contributed by atoms with Crippen molar-refractivity contribution in [2.75, 3.05) is 0 Å². The first-order valence-corrected chi connectivity index (χ1v) is 7.65. The highest BCUT2D eigenvalue weighted by Crippen LogP contribution is 2.16. The number of aliphatic hydroxyl groups excluding tert-OH is 1. The topological polar surface area (TPSA) is 57.5 Å². The number of aryl methyl sites for hydroxylation is 1. The van der Waals surface area contributed by atoms with Gasteiger partial charge in [-0.3, -0.25) is 0 Å². The van der Waals surface area contributed by atoms with Gasteiger partial charge >= 0.3 is 5.97 Å². The van der Waals surface area contributed by atoms with Crippen LogP contribution in [0.4, 0.5) is 0 Å². The van der Waals surface area contributed by atoms with E-state index < -0.39 is 12.1 Å². The quantitative estimate of drug-likeness (QED) is 0.633. The molecule has 112 valence electrons. The number of carboxylic acid groups (broad SMARTS) is 1. The first kappa shape index (κ1) is 16.7. The van der Waals surface area contributed by atoms with Gasteiger partial charge in [-0.25, -0.2) is 4.79 Å². The Labute approximate surface area is 121 Å². The van der Waals surface area contributed by atoms with E-state index in [2.05, 4.69) is 6.92 Å². The molecule has 0 fully saturated rings. The molecule has 3 heteroatoms. The number of hydrogen-bond acceptors (Lipinski definition) is 2. The molecule has 0 heterocycles. The second-order valence-electron chi connectivity index (χ2n) is 5.35. The SMILES string of the molecule is CCCCCCCCCc1ccc(C(O)C(=O)O)cc1. The van der Waals surface area contributed by atoms with Crippen LogP contribution in [0.25, 0.3) is 0 Å². The van der Waals surface area contributed by atoms with Gasteiger partial charge in [0, 0.05) is 0 Å². The Morgan fingerprint density at radius 3 is 2.10 bits per heavy atom. The summed E-state index contributed by atoms with van der Waals surface area (Å²) in [5.41, 5.74) is 1.65. The molecule has 2 N–H and O–H groups in total. The Hall–Kier alpha value is -1.35. The molecule has 1 atom stereocenters. The number of aliphatic carboxylic acids is 1. The average molecular weight is 278 g/mol. The van der Waals surface area contributed by atoms with Crippen molar-refractivity contribution < 1.29 is 15.0 Å². The van der Waals surface area contributed by atoms with E-state index in [4.69, 9.17) is 5.11 Å². The van der Waals surface area contributed by atoms with Gasteiger partial charge in [-0.2, -0.15) is 0 Å². The summed E-state index contributed by atoms with van der Waals surface area (Å²) in [5, 5.41) is 18.1. The second kappa shape index (κ2) is 9.54. The van der Waals surface area contributed by atoms with E-state index in [1.165, 1.54) is 50.5 Å². The first-order valence-electron chi connectivity index (χ1n) is 7.65. The molecule has 1 aromatic rings. The van der Waals surface area contributed by atoms with Crippen LogP contribution in [0, 0.1) is 0 Å². The van der Waals surface area contributed by atoms with Crippen molar-refractivity contribution in [2.24, 2.45) is 0 Å². The van der Waals surface area contributed by atoms with Crippen LogP contribution >= 0.6 is 0 Å². The van der Waals surface area contributed by atoms with E-state index in [1.54, 1.807) is 12.1 Å². The standard InChI is InChI=1S/C17H26O3/c1-2-3-4-5-6-7-8-9-14-10-12-15(13-11-14)16(18)17(19)20/h10-13,16,18H,2-9H2,1H3,(H,19,20). The van der Waals surface area contributed by atoms with Gasteiger partial charge in [-0.15, -0.1) is 0 Å². The fourth-order valence-corrected chi connectivity index (χ4v) is 2.30. The molecule has 0 saturated heterocycles. The molecule has 1 rings (SSSR count). The van der Waals surface area contributed by atoms with E-state index >= 15 is 0 Å². The van der Waals surface area contributed by atoms with E-state index in [0.29, 0.717) is 5.56 Å². The number of hydrogen-bond donors (Lipinski definition) is 2. The maximum atomic E-state index is 10.7. The van der Waals surface area contributed by atoms with Crippen LogP contribution in [0.2, 0.25) is 0 Å². The van der Waals surface area contributed by atoms with Crippen molar-refractivity contribution >= 4 is 5.97 Å². The molecule has 20 heavy (non-hydrogen) atoms. The minimum absolute atomic E-state index is 0.445. The predicted octanol–water partition coefficient (Wildman–Crippen LogP) is 4.10. The fraction of sp³-hybridized carbons (Fsp3) is 0.588. The second-order valence-corrected chi connectivity index (χ2v) is 5.35. The van der Waals surface area contributed by atoms with Gasteiger partial charge in [0.25, 0.3) is 0 Å². The number of unbranched alkanes of at least 4 members (excludes halogenated alkanes) is 6. The van der Waals surface area contributed by atoms with E-state index in [-0.39, 0.29) is 0 Å². The Morgan fingerprint density at radius 2 is 1.55 bits per heavy atom. The third kappa shape index (κ3) is 6.20. The van der Waals surface area contributed by atoms with Crippen molar-refractivity contribution in [3.63, 3.8) is 0 Å². The fourth-order valence-electron chi connectivity index (χ4n) is 2.30. The Bertz CT molecular complexity index is 384. The van der Waals surface area contributed by atoms with Gasteiger partial charge in [0.2, 0.25) is 0 Å². The van der Waals surface area contributed by atoms with Crippen LogP contribution in [0.5, 0.6) is 0 Å². The van der Waals surface area contributed by atoms with Gasteiger partial charge in [0.05, 0.1) is 0 Å². The summed E-state index contributed by atoms with van der Waals surface area (Å²) in [4.78, 5) is 10.7. The van der Waals surface area contributed by atoms with Gasteiger partial charge in [0.1, 0.15) is 0 Å². The van der Waals surface area contributed by atoms with Crippen molar-refractivity contribution in [2.45, 2.75) is 64.4 Å². The lowest BCUT2D eigenvalue weighted by atomic mass is 10.0. The molecule has 0 spiro atoms. The maximum Gasteiger partial charge on any atom is 0.337 e. The van der Waals surface area contributed by atoms with Gasteiger partial charge in [0.15, 0.2) is 6.10 Å². The van der Waals surface area contributed by atoms with Crippen LogP contribution in [0.1, 0.15) is 69.1 Å². The molecule has 0 radical (unpaired) electrons. The zero-order chi connectivity index (χ0) is 14.8. The molecular formula is C17H26O3. The number of carbonyl (C=O) groups is 1. The number of aliphatic hydroxyl groups is 1. The highest BCUT2D eigenvalue weighted by molar-refractivity contribution is 5.73. The van der Waals surface area contributed by atoms with E-state index in [9.17, 15) is 9.90 Å². The first-order chi connectivity index (χ1) is 9.65. The Morgan fingerprint density at radius 1 is 1.00 bits per heavy atom. The monoisotopic (exact) mass is 278 g/mol. The summed E-state index contributed by atoms with van der Waals surface area (Å²) >= 11 is 0. The molecule has 0 aromatic heterocycles. The van der Waals surface area contributed by atoms with Crippen LogP contribution in [-0.4, -0.2) is 16.2 Å². The number of benzene rings is 1. The Kier molecular flexibility index (Phi) is 7.97. The van der Waals surface area contributed by atoms with Crippen LogP contribution in [0.3, 0.4) is 0 Å². The summed E-state index contributed by atoms with van der Waals surface area (Å²) < 4.78 is 0. The summed E-state index contributed by atoms with van der Waals surface area (Å²) in [5.74, 6) is -1.20. The zero-order valence-corrected chi connectivity index (χ0v) is 12.3. The lowest BCUT2D eigenvalue weighted by molar-refractivity contribution is -0.146. The van der Waals surface area contributed by atoms with Crippen LogP contribution in [0.15, 0.2) is 24.3 Å². The summed E-state index contributed by atoms with van der Waals surface area (Å²) in [6.45, 7) is 2.23. The smallest absolute Gasteiger partial charge is 0.337 e. The third-order valence-corrected chi connectivity index (χ3v) is 3.60. The number of carboxylic acids is 1. The largest absolute Gasteiger partial charge is 0.479 e. The molecule has 1 aromatic carbocycles. The molecule has 0 aliphatic rings. The average Bonchev–Trinajstić information content (AvgIpc) is 2.46. The summed E-state index contributed by atoms with van der Waals surface area (Å²) in [6, 6.07) is 7.24. The molecule has 1 unspecified atom stereocenters. The minimum Gasteiger partial charge on any atom is -0.479 e. The minimum atomic E-state index is -1.41. The lowest BCUT2D eigenvalue weighted by Gasteiger charge is -2.07. The van der Waals surface area contributed by atoms with Crippen molar-refractivity contribution in [1.29, 1.82) is 0 Å².